The van der Waals surface area contributed by atoms with Crippen LogP contribution < -0.4 is 10.4 Å². The molecule has 5 rings (SSSR count). The van der Waals surface area contributed by atoms with Crippen LogP contribution in [0.5, 0.6) is 0 Å². The molecule has 0 N–H and O–H groups in total. The number of halogens is 1. The van der Waals surface area contributed by atoms with Crippen LogP contribution in [0.3, 0.4) is 0 Å². The van der Waals surface area contributed by atoms with E-state index in [2.05, 4.69) is 40.4 Å². The van der Waals surface area contributed by atoms with E-state index in [1.807, 2.05) is 65.8 Å². The topological polar surface area (TPSA) is 56.6 Å². The first-order valence-corrected chi connectivity index (χ1v) is 13.5. The molecule has 0 aliphatic heterocycles. The lowest BCUT2D eigenvalue weighted by atomic mass is 9.90. The maximum atomic E-state index is 13.5. The van der Waals surface area contributed by atoms with Crippen LogP contribution in [0.15, 0.2) is 79.3 Å². The third-order valence-corrected chi connectivity index (χ3v) is 7.99. The Balaban J connectivity index is 1.68. The van der Waals surface area contributed by atoms with Crippen molar-refractivity contribution in [2.24, 2.45) is 23.1 Å². The first kappa shape index (κ1) is 23.8. The SMILES string of the molecule is Cc1c(N=c2scc(-c3ccc(Br)cc3)n2N=C2CCC(C)CC2)c(=O)n(-c2ccccc2)n1C. The van der Waals surface area contributed by atoms with Gasteiger partial charge in [-0.1, -0.05) is 53.2 Å². The molecule has 6 nitrogen and oxygen atoms in total. The molecule has 4 aromatic rings. The molecule has 0 saturated heterocycles. The summed E-state index contributed by atoms with van der Waals surface area (Å²) in [6.45, 7) is 4.24. The van der Waals surface area contributed by atoms with E-state index in [1.165, 1.54) is 17.0 Å². The second-order valence-electron chi connectivity index (χ2n) is 9.09. The number of para-hydroxylation sites is 1. The molecular weight excluding hydrogens is 522 g/mol. The van der Waals surface area contributed by atoms with E-state index in [1.54, 1.807) is 4.68 Å². The van der Waals surface area contributed by atoms with Gasteiger partial charge in [0.25, 0.3) is 5.56 Å². The molecule has 2 aromatic heterocycles. The average molecular weight is 551 g/mol. The summed E-state index contributed by atoms with van der Waals surface area (Å²) >= 11 is 5.03. The van der Waals surface area contributed by atoms with Gasteiger partial charge in [0, 0.05) is 28.2 Å². The summed E-state index contributed by atoms with van der Waals surface area (Å²) in [5.74, 6) is 0.736. The van der Waals surface area contributed by atoms with Gasteiger partial charge < -0.3 is 0 Å². The van der Waals surface area contributed by atoms with Gasteiger partial charge in [-0.2, -0.15) is 5.10 Å². The fourth-order valence-corrected chi connectivity index (χ4v) is 5.51. The van der Waals surface area contributed by atoms with Crippen molar-refractivity contribution in [2.75, 3.05) is 0 Å². The van der Waals surface area contributed by atoms with Crippen LogP contribution in [0.2, 0.25) is 0 Å². The highest BCUT2D eigenvalue weighted by atomic mass is 79.9. The molecular formula is C27H28BrN5OS. The zero-order valence-corrected chi connectivity index (χ0v) is 22.5. The van der Waals surface area contributed by atoms with E-state index < -0.39 is 0 Å². The molecule has 1 aliphatic carbocycles. The Morgan fingerprint density at radius 1 is 1.03 bits per heavy atom. The van der Waals surface area contributed by atoms with E-state index in [0.717, 1.165) is 58.7 Å². The molecule has 2 heterocycles. The summed E-state index contributed by atoms with van der Waals surface area (Å²) in [5, 5.41) is 7.15. The van der Waals surface area contributed by atoms with Crippen molar-refractivity contribution in [1.82, 2.24) is 14.0 Å². The predicted molar refractivity (Wildman–Crippen MR) is 147 cm³/mol. The van der Waals surface area contributed by atoms with E-state index >= 15 is 0 Å². The van der Waals surface area contributed by atoms with Crippen molar-refractivity contribution in [2.45, 2.75) is 39.5 Å². The Morgan fingerprint density at radius 3 is 2.40 bits per heavy atom. The maximum absolute atomic E-state index is 13.5. The van der Waals surface area contributed by atoms with Gasteiger partial charge in [0.1, 0.15) is 0 Å². The minimum absolute atomic E-state index is 0.138. The van der Waals surface area contributed by atoms with Crippen molar-refractivity contribution >= 4 is 38.7 Å². The third kappa shape index (κ3) is 4.77. The Kier molecular flexibility index (Phi) is 6.75. The van der Waals surface area contributed by atoms with Gasteiger partial charge in [-0.25, -0.2) is 14.4 Å². The largest absolute Gasteiger partial charge is 0.297 e. The van der Waals surface area contributed by atoms with Crippen molar-refractivity contribution in [3.05, 3.63) is 85.3 Å². The summed E-state index contributed by atoms with van der Waals surface area (Å²) in [4.78, 5) is 19.1. The Labute approximate surface area is 217 Å². The quantitative estimate of drug-likeness (QED) is 0.289. The fraction of sp³-hybridized carbons (Fsp3) is 0.296. The molecule has 0 atom stereocenters. The van der Waals surface area contributed by atoms with Crippen LogP contribution in [0.25, 0.3) is 16.9 Å². The van der Waals surface area contributed by atoms with Crippen LogP contribution in [0.1, 0.15) is 38.3 Å². The molecule has 180 valence electrons. The van der Waals surface area contributed by atoms with Crippen LogP contribution in [0, 0.1) is 12.8 Å². The van der Waals surface area contributed by atoms with E-state index in [4.69, 9.17) is 10.1 Å². The highest BCUT2D eigenvalue weighted by Crippen LogP contribution is 2.26. The summed E-state index contributed by atoms with van der Waals surface area (Å²) in [7, 11) is 1.89. The summed E-state index contributed by atoms with van der Waals surface area (Å²) in [5.41, 5.74) is 5.15. The van der Waals surface area contributed by atoms with Gasteiger partial charge in [0.15, 0.2) is 5.69 Å². The van der Waals surface area contributed by atoms with Gasteiger partial charge in [0.2, 0.25) is 4.80 Å². The standard InChI is InChI=1S/C27H28BrN5OS/c1-18-9-15-22(16-10-18)30-32-24(20-11-13-21(28)14-12-20)17-35-27(32)29-25-19(2)31(3)33(26(25)34)23-7-5-4-6-8-23/h4-8,11-14,17-18H,9-10,15-16H2,1-3H3. The monoisotopic (exact) mass is 549 g/mol. The summed E-state index contributed by atoms with van der Waals surface area (Å²) in [6, 6.07) is 17.9. The predicted octanol–water partition coefficient (Wildman–Crippen LogP) is 6.42. The molecule has 0 amide bonds. The molecule has 0 unspecified atom stereocenters. The molecule has 0 bridgehead atoms. The van der Waals surface area contributed by atoms with Crippen molar-refractivity contribution < 1.29 is 0 Å². The molecule has 1 fully saturated rings. The molecule has 2 aromatic carbocycles. The van der Waals surface area contributed by atoms with Crippen molar-refractivity contribution in [3.63, 3.8) is 0 Å². The lowest BCUT2D eigenvalue weighted by molar-refractivity contribution is 0.481. The highest BCUT2D eigenvalue weighted by molar-refractivity contribution is 9.10. The number of thiazole rings is 1. The normalized spacial score (nSPS) is 16.6. The molecule has 0 spiro atoms. The minimum atomic E-state index is -0.138. The van der Waals surface area contributed by atoms with Crippen LogP contribution in [-0.4, -0.2) is 19.8 Å². The molecule has 1 saturated carbocycles. The number of aromatic nitrogens is 3. The number of rotatable bonds is 4. The average Bonchev–Trinajstić information content (AvgIpc) is 3.35. The first-order chi connectivity index (χ1) is 16.9. The Hall–Kier alpha value is -2.97. The number of nitrogens with zero attached hydrogens (tertiary/aromatic N) is 5. The van der Waals surface area contributed by atoms with E-state index in [0.29, 0.717) is 10.5 Å². The van der Waals surface area contributed by atoms with Crippen molar-refractivity contribution in [3.8, 4) is 16.9 Å². The van der Waals surface area contributed by atoms with Gasteiger partial charge in [-0.3, -0.25) is 9.48 Å². The zero-order chi connectivity index (χ0) is 24.5. The second kappa shape index (κ2) is 9.95. The lowest BCUT2D eigenvalue weighted by Gasteiger charge is -2.19. The minimum Gasteiger partial charge on any atom is -0.283 e. The maximum Gasteiger partial charge on any atom is 0.297 e. The van der Waals surface area contributed by atoms with E-state index in [9.17, 15) is 4.79 Å². The smallest absolute Gasteiger partial charge is 0.283 e. The Bertz CT molecular complexity index is 1500. The van der Waals surface area contributed by atoms with Gasteiger partial charge in [-0.05, 0) is 62.8 Å². The van der Waals surface area contributed by atoms with E-state index in [-0.39, 0.29) is 5.56 Å². The highest BCUT2D eigenvalue weighted by Gasteiger charge is 2.18. The number of hydrogen-bond acceptors (Lipinski definition) is 4. The number of benzene rings is 2. The molecule has 1 aliphatic rings. The lowest BCUT2D eigenvalue weighted by Crippen LogP contribution is -2.20. The van der Waals surface area contributed by atoms with Gasteiger partial charge in [0.05, 0.1) is 17.1 Å². The number of hydrogen-bond donors (Lipinski definition) is 0. The summed E-state index contributed by atoms with van der Waals surface area (Å²) < 4.78 is 6.48. The van der Waals surface area contributed by atoms with Crippen LogP contribution in [0.4, 0.5) is 5.69 Å². The molecule has 8 heteroatoms. The molecule has 35 heavy (non-hydrogen) atoms. The first-order valence-electron chi connectivity index (χ1n) is 11.8. The summed E-state index contributed by atoms with van der Waals surface area (Å²) in [6.07, 6.45) is 4.30. The van der Waals surface area contributed by atoms with Crippen LogP contribution in [-0.2, 0) is 7.05 Å². The second-order valence-corrected chi connectivity index (χ2v) is 10.8. The van der Waals surface area contributed by atoms with Crippen molar-refractivity contribution in [1.29, 1.82) is 0 Å². The zero-order valence-electron chi connectivity index (χ0n) is 20.1. The fourth-order valence-electron chi connectivity index (χ4n) is 4.41. The third-order valence-electron chi connectivity index (χ3n) is 6.65. The van der Waals surface area contributed by atoms with Crippen LogP contribution >= 0.6 is 27.3 Å². The van der Waals surface area contributed by atoms with Gasteiger partial charge >= 0.3 is 0 Å². The van der Waals surface area contributed by atoms with Gasteiger partial charge in [-0.15, -0.1) is 11.3 Å². The molecule has 0 radical (unpaired) electrons. The Morgan fingerprint density at radius 2 is 1.71 bits per heavy atom.